The molecule has 144 valence electrons. The van der Waals surface area contributed by atoms with Crippen molar-refractivity contribution in [2.24, 2.45) is 0 Å². The lowest BCUT2D eigenvalue weighted by atomic mass is 9.73. The van der Waals surface area contributed by atoms with Crippen LogP contribution in [0.1, 0.15) is 77.9 Å². The lowest BCUT2D eigenvalue weighted by Crippen LogP contribution is -2.39. The molecule has 1 spiro atoms. The Kier molecular flexibility index (Phi) is 3.49. The van der Waals surface area contributed by atoms with Crippen LogP contribution in [0.25, 0.3) is 5.57 Å². The number of allylic oxidation sites excluding steroid dienone is 1. The second kappa shape index (κ2) is 5.87. The Hall–Kier alpha value is -2.26. The van der Waals surface area contributed by atoms with Gasteiger partial charge in [0.25, 0.3) is 0 Å². The third kappa shape index (κ3) is 2.45. The van der Waals surface area contributed by atoms with Gasteiger partial charge in [-0.15, -0.1) is 0 Å². The van der Waals surface area contributed by atoms with E-state index in [1.807, 2.05) is 0 Å². The molecule has 1 saturated carbocycles. The fraction of sp³-hybridized carbons (Fsp3) is 0.440. The molecule has 0 unspecified atom stereocenters. The molecular weight excluding hydrogens is 344 g/mol. The number of rotatable bonds is 2. The second-order valence-electron chi connectivity index (χ2n) is 9.27. The summed E-state index contributed by atoms with van der Waals surface area (Å²) in [5.41, 5.74) is 8.68. The molecule has 1 aromatic carbocycles. The number of likely N-dealkylation sites (tertiary alicyclic amines) is 1. The standard InChI is InChI=1S/C25H26N2O.H2/c1-27-12-10-25(11-13-27)15-24(28)20-5-4-17(14-21(20)25)18-6-9-23-19(18)7-8-22(26-23)16-2-3-16;/h4-8,14,16H,2-3,9-13,15H2,1H3;1H. The van der Waals surface area contributed by atoms with Crippen LogP contribution in [-0.2, 0) is 11.8 Å². The molecule has 0 radical (unpaired) electrons. The van der Waals surface area contributed by atoms with Crippen LogP contribution in [0.3, 0.4) is 0 Å². The van der Waals surface area contributed by atoms with Crippen molar-refractivity contribution >= 4 is 11.4 Å². The van der Waals surface area contributed by atoms with Crippen LogP contribution < -0.4 is 0 Å². The molecule has 2 aromatic rings. The number of hydrogen-bond acceptors (Lipinski definition) is 3. The second-order valence-corrected chi connectivity index (χ2v) is 9.27. The van der Waals surface area contributed by atoms with Crippen LogP contribution in [0.15, 0.2) is 36.4 Å². The van der Waals surface area contributed by atoms with Gasteiger partial charge in [0, 0.05) is 42.4 Å². The minimum Gasteiger partial charge on any atom is -0.306 e. The van der Waals surface area contributed by atoms with Gasteiger partial charge in [-0.2, -0.15) is 0 Å². The first-order valence-electron chi connectivity index (χ1n) is 10.7. The molecule has 1 aromatic heterocycles. The molecular formula is C25H28N2O. The summed E-state index contributed by atoms with van der Waals surface area (Å²) in [6.45, 7) is 2.16. The fourth-order valence-corrected chi connectivity index (χ4v) is 5.49. The molecule has 3 heteroatoms. The molecule has 28 heavy (non-hydrogen) atoms. The maximum Gasteiger partial charge on any atom is 0.164 e. The summed E-state index contributed by atoms with van der Waals surface area (Å²) in [6, 6.07) is 11.1. The van der Waals surface area contributed by atoms with E-state index in [4.69, 9.17) is 4.98 Å². The molecule has 4 aliphatic rings. The van der Waals surface area contributed by atoms with E-state index in [1.54, 1.807) is 0 Å². The van der Waals surface area contributed by atoms with Gasteiger partial charge in [0.15, 0.2) is 5.78 Å². The summed E-state index contributed by atoms with van der Waals surface area (Å²) in [4.78, 5) is 20.1. The summed E-state index contributed by atoms with van der Waals surface area (Å²) in [6.07, 6.45) is 8.72. The molecule has 3 aliphatic carbocycles. The fourth-order valence-electron chi connectivity index (χ4n) is 5.49. The summed E-state index contributed by atoms with van der Waals surface area (Å²) < 4.78 is 0. The van der Waals surface area contributed by atoms with Crippen molar-refractivity contribution in [3.05, 3.63) is 70.0 Å². The average Bonchev–Trinajstić information content (AvgIpc) is 3.42. The maximum atomic E-state index is 12.7. The Morgan fingerprint density at radius 3 is 2.68 bits per heavy atom. The average molecular weight is 373 g/mol. The zero-order chi connectivity index (χ0) is 18.9. The minimum absolute atomic E-state index is 0. The first-order chi connectivity index (χ1) is 13.6. The number of carbonyl (C=O) groups is 1. The zero-order valence-electron chi connectivity index (χ0n) is 16.5. The lowest BCUT2D eigenvalue weighted by Gasteiger charge is -2.38. The Morgan fingerprint density at radius 2 is 1.89 bits per heavy atom. The maximum absolute atomic E-state index is 12.7. The summed E-state index contributed by atoms with van der Waals surface area (Å²) in [5, 5.41) is 0. The van der Waals surface area contributed by atoms with Gasteiger partial charge in [0.2, 0.25) is 0 Å². The number of fused-ring (bicyclic) bond motifs is 3. The number of ketones is 1. The van der Waals surface area contributed by atoms with Gasteiger partial charge in [-0.25, -0.2) is 0 Å². The third-order valence-electron chi connectivity index (χ3n) is 7.43. The Labute approximate surface area is 168 Å². The first kappa shape index (κ1) is 16.7. The van der Waals surface area contributed by atoms with Crippen molar-refractivity contribution in [3.8, 4) is 0 Å². The largest absolute Gasteiger partial charge is 0.306 e. The van der Waals surface area contributed by atoms with Crippen molar-refractivity contribution < 1.29 is 6.22 Å². The smallest absolute Gasteiger partial charge is 0.164 e. The molecule has 1 saturated heterocycles. The topological polar surface area (TPSA) is 33.2 Å². The van der Waals surface area contributed by atoms with Crippen molar-refractivity contribution in [3.63, 3.8) is 0 Å². The number of Topliss-reactive ketones (excluding diaryl/α,β-unsaturated/α-hetero) is 1. The Bertz CT molecular complexity index is 1030. The van der Waals surface area contributed by atoms with Gasteiger partial charge in [0.1, 0.15) is 0 Å². The van der Waals surface area contributed by atoms with Crippen LogP contribution in [0.5, 0.6) is 0 Å². The van der Waals surface area contributed by atoms with E-state index < -0.39 is 0 Å². The van der Waals surface area contributed by atoms with E-state index in [2.05, 4.69) is 48.4 Å². The van der Waals surface area contributed by atoms with E-state index in [9.17, 15) is 4.79 Å². The van der Waals surface area contributed by atoms with Crippen LogP contribution >= 0.6 is 0 Å². The lowest BCUT2D eigenvalue weighted by molar-refractivity contribution is 0.0945. The number of pyridine rings is 1. The van der Waals surface area contributed by atoms with Crippen molar-refractivity contribution in [2.75, 3.05) is 20.1 Å². The Balaban J connectivity index is 0.00000181. The zero-order valence-corrected chi connectivity index (χ0v) is 16.5. The van der Waals surface area contributed by atoms with Gasteiger partial charge in [-0.05, 0) is 74.7 Å². The highest BCUT2D eigenvalue weighted by molar-refractivity contribution is 6.03. The molecule has 0 N–H and O–H groups in total. The molecule has 2 fully saturated rings. The van der Waals surface area contributed by atoms with E-state index in [-0.39, 0.29) is 6.84 Å². The molecule has 0 bridgehead atoms. The number of benzene rings is 1. The van der Waals surface area contributed by atoms with E-state index in [0.717, 1.165) is 37.9 Å². The normalized spacial score (nSPS) is 23.0. The van der Waals surface area contributed by atoms with Crippen LogP contribution in [0.4, 0.5) is 0 Å². The van der Waals surface area contributed by atoms with Crippen molar-refractivity contribution in [2.45, 2.75) is 49.9 Å². The van der Waals surface area contributed by atoms with Gasteiger partial charge >= 0.3 is 0 Å². The molecule has 6 rings (SSSR count). The quantitative estimate of drug-likeness (QED) is 0.763. The van der Waals surface area contributed by atoms with Gasteiger partial charge < -0.3 is 4.90 Å². The number of hydrogen-bond donors (Lipinski definition) is 0. The van der Waals surface area contributed by atoms with Gasteiger partial charge in [0.05, 0.1) is 5.69 Å². The summed E-state index contributed by atoms with van der Waals surface area (Å²) >= 11 is 0. The SMILES string of the molecule is CN1CCC2(CC1)CC(=O)c1ccc(C3=CCc4nc(C5CC5)ccc43)cc12.[HH]. The minimum atomic E-state index is 0. The summed E-state index contributed by atoms with van der Waals surface area (Å²) in [7, 11) is 2.18. The number of carbonyl (C=O) groups excluding carboxylic acids is 1. The monoisotopic (exact) mass is 372 g/mol. The van der Waals surface area contributed by atoms with Crippen LogP contribution in [-0.4, -0.2) is 35.8 Å². The van der Waals surface area contributed by atoms with Crippen molar-refractivity contribution in [1.29, 1.82) is 0 Å². The van der Waals surface area contributed by atoms with Crippen molar-refractivity contribution in [1.82, 2.24) is 9.88 Å². The highest BCUT2D eigenvalue weighted by Gasteiger charge is 2.44. The van der Waals surface area contributed by atoms with Gasteiger partial charge in [-0.3, -0.25) is 9.78 Å². The first-order valence-corrected chi connectivity index (χ1v) is 10.7. The predicted molar refractivity (Wildman–Crippen MR) is 113 cm³/mol. The number of nitrogens with zero attached hydrogens (tertiary/aromatic N) is 2. The van der Waals surface area contributed by atoms with E-state index >= 15 is 0 Å². The van der Waals surface area contributed by atoms with E-state index in [1.165, 1.54) is 46.5 Å². The van der Waals surface area contributed by atoms with Gasteiger partial charge in [-0.1, -0.05) is 24.3 Å². The summed E-state index contributed by atoms with van der Waals surface area (Å²) in [5.74, 6) is 1.03. The number of piperidine rings is 1. The van der Waals surface area contributed by atoms with Crippen LogP contribution in [0, 0.1) is 0 Å². The Morgan fingerprint density at radius 1 is 1.11 bits per heavy atom. The molecule has 1 aliphatic heterocycles. The molecule has 0 atom stereocenters. The van der Waals surface area contributed by atoms with E-state index in [0.29, 0.717) is 18.1 Å². The molecule has 0 amide bonds. The highest BCUT2D eigenvalue weighted by atomic mass is 16.1. The highest BCUT2D eigenvalue weighted by Crippen LogP contribution is 2.47. The van der Waals surface area contributed by atoms with Crippen LogP contribution in [0.2, 0.25) is 0 Å². The number of aromatic nitrogens is 1. The third-order valence-corrected chi connectivity index (χ3v) is 7.43. The predicted octanol–water partition coefficient (Wildman–Crippen LogP) is 4.74. The molecule has 2 heterocycles. The molecule has 3 nitrogen and oxygen atoms in total.